The highest BCUT2D eigenvalue weighted by molar-refractivity contribution is 6.80. The molecule has 2 rings (SSSR count). The first-order chi connectivity index (χ1) is 14.7. The Morgan fingerprint density at radius 2 is 1.72 bits per heavy atom. The summed E-state index contributed by atoms with van der Waals surface area (Å²) in [5.74, 6) is -2.32. The maximum atomic E-state index is 13.0. The fraction of sp³-hybridized carbons (Fsp3) is 0.571. The molecule has 1 aromatic rings. The quantitative estimate of drug-likeness (QED) is 0.468. The molecular formula is C21H30F3N3O4Si. The van der Waals surface area contributed by atoms with Crippen LogP contribution in [-0.4, -0.2) is 55.5 Å². The molecule has 11 heteroatoms. The number of benzene rings is 1. The lowest BCUT2D eigenvalue weighted by Crippen LogP contribution is -2.78. The van der Waals surface area contributed by atoms with Crippen LogP contribution in [0.3, 0.4) is 0 Å². The fourth-order valence-corrected chi connectivity index (χ4v) is 5.90. The molecule has 1 heterocycles. The van der Waals surface area contributed by atoms with E-state index in [4.69, 9.17) is 4.74 Å². The molecule has 1 saturated heterocycles. The molecule has 0 aliphatic carbocycles. The van der Waals surface area contributed by atoms with E-state index in [1.54, 1.807) is 28.8 Å². The summed E-state index contributed by atoms with van der Waals surface area (Å²) in [6.07, 6.45) is -5.69. The standard InChI is InChI=1S/C21H30F3N3O4Si/c1-20(2,3)32(4,5)27-15(11-12-25-18(29)21(22,23)24)16(17(27)28)26-19(30)31-13-14-9-7-6-8-10-14/h6-10,15-16H,11-13H2,1-5H3,(H,25,29)(H,26,30). The molecule has 0 aromatic heterocycles. The molecule has 1 fully saturated rings. The summed E-state index contributed by atoms with van der Waals surface area (Å²) >= 11 is 0. The predicted molar refractivity (Wildman–Crippen MR) is 115 cm³/mol. The Balaban J connectivity index is 2.07. The highest BCUT2D eigenvalue weighted by Crippen LogP contribution is 2.43. The van der Waals surface area contributed by atoms with E-state index in [2.05, 4.69) is 5.32 Å². The molecule has 178 valence electrons. The third-order valence-electron chi connectivity index (χ3n) is 6.13. The van der Waals surface area contributed by atoms with Crippen LogP contribution in [0.25, 0.3) is 0 Å². The number of nitrogens with one attached hydrogen (secondary N) is 2. The number of alkyl carbamates (subject to hydrolysis) is 1. The van der Waals surface area contributed by atoms with Crippen molar-refractivity contribution in [1.82, 2.24) is 15.2 Å². The monoisotopic (exact) mass is 473 g/mol. The SMILES string of the molecule is CC(C)(C)[Si](C)(C)N1C(=O)C(NC(=O)OCc2ccccc2)C1CCNC(=O)C(F)(F)F. The van der Waals surface area contributed by atoms with Crippen molar-refractivity contribution < 1.29 is 32.3 Å². The smallest absolute Gasteiger partial charge is 0.445 e. The predicted octanol–water partition coefficient (Wildman–Crippen LogP) is 3.57. The normalized spacial score (nSPS) is 19.2. The number of rotatable bonds is 7. The summed E-state index contributed by atoms with van der Waals surface area (Å²) in [7, 11) is -2.37. The van der Waals surface area contributed by atoms with Gasteiger partial charge in [0.15, 0.2) is 8.24 Å². The first kappa shape index (κ1) is 25.7. The first-order valence-electron chi connectivity index (χ1n) is 10.3. The van der Waals surface area contributed by atoms with E-state index in [-0.39, 0.29) is 30.5 Å². The molecule has 32 heavy (non-hydrogen) atoms. The Labute approximate surface area is 186 Å². The third kappa shape index (κ3) is 5.81. The number of β-lactam (4-membered cyclic amide) rings is 1. The van der Waals surface area contributed by atoms with Gasteiger partial charge in [-0.3, -0.25) is 9.59 Å². The maximum absolute atomic E-state index is 13.0. The lowest BCUT2D eigenvalue weighted by atomic mass is 9.95. The van der Waals surface area contributed by atoms with E-state index < -0.39 is 38.5 Å². The molecule has 1 aliphatic rings. The van der Waals surface area contributed by atoms with E-state index in [1.807, 2.05) is 45.2 Å². The highest BCUT2D eigenvalue weighted by atomic mass is 28.3. The Hall–Kier alpha value is -2.56. The zero-order valence-electron chi connectivity index (χ0n) is 18.9. The molecule has 2 unspecified atom stereocenters. The summed E-state index contributed by atoms with van der Waals surface area (Å²) in [6, 6.07) is 7.54. The lowest BCUT2D eigenvalue weighted by molar-refractivity contribution is -0.173. The van der Waals surface area contributed by atoms with Crippen LogP contribution in [-0.2, 0) is 20.9 Å². The zero-order chi connectivity index (χ0) is 24.3. The Morgan fingerprint density at radius 3 is 2.25 bits per heavy atom. The van der Waals surface area contributed by atoms with Gasteiger partial charge in [0.05, 0.1) is 6.04 Å². The topological polar surface area (TPSA) is 87.7 Å². The van der Waals surface area contributed by atoms with Crippen molar-refractivity contribution in [2.45, 2.75) is 70.2 Å². The molecule has 0 spiro atoms. The number of ether oxygens (including phenoxy) is 1. The average Bonchev–Trinajstić information content (AvgIpc) is 2.68. The highest BCUT2D eigenvalue weighted by Gasteiger charge is 2.57. The molecule has 0 saturated carbocycles. The minimum absolute atomic E-state index is 0.0197. The van der Waals surface area contributed by atoms with E-state index in [9.17, 15) is 27.6 Å². The summed E-state index contributed by atoms with van der Waals surface area (Å²) in [6.45, 7) is 9.74. The van der Waals surface area contributed by atoms with Gasteiger partial charge in [-0.25, -0.2) is 4.79 Å². The summed E-state index contributed by atoms with van der Waals surface area (Å²) in [5.41, 5.74) is 0.775. The first-order valence-corrected chi connectivity index (χ1v) is 13.3. The average molecular weight is 474 g/mol. The van der Waals surface area contributed by atoms with E-state index in [0.29, 0.717) is 0 Å². The molecule has 7 nitrogen and oxygen atoms in total. The molecular weight excluding hydrogens is 443 g/mol. The molecule has 3 amide bonds. The van der Waals surface area contributed by atoms with Crippen LogP contribution in [0.1, 0.15) is 32.8 Å². The van der Waals surface area contributed by atoms with Crippen LogP contribution in [0.4, 0.5) is 18.0 Å². The minimum Gasteiger partial charge on any atom is -0.445 e. The van der Waals surface area contributed by atoms with Gasteiger partial charge in [-0.05, 0) is 17.0 Å². The second-order valence-corrected chi connectivity index (χ2v) is 14.4. The van der Waals surface area contributed by atoms with Crippen LogP contribution in [0, 0.1) is 0 Å². The zero-order valence-corrected chi connectivity index (χ0v) is 19.9. The second-order valence-electron chi connectivity index (χ2n) is 9.31. The van der Waals surface area contributed by atoms with E-state index in [1.165, 1.54) is 0 Å². The lowest BCUT2D eigenvalue weighted by Gasteiger charge is -2.58. The Morgan fingerprint density at radius 1 is 1.12 bits per heavy atom. The summed E-state index contributed by atoms with van der Waals surface area (Å²) in [5, 5.41) is 4.17. The van der Waals surface area contributed by atoms with Gasteiger partial charge < -0.3 is 19.9 Å². The van der Waals surface area contributed by atoms with Gasteiger partial charge in [0, 0.05) is 6.54 Å². The molecule has 2 atom stereocenters. The van der Waals surface area contributed by atoms with Crippen molar-refractivity contribution >= 4 is 26.1 Å². The summed E-state index contributed by atoms with van der Waals surface area (Å²) < 4.78 is 44.3. The van der Waals surface area contributed by atoms with Gasteiger partial charge in [0.25, 0.3) is 0 Å². The Bertz CT molecular complexity index is 841. The van der Waals surface area contributed by atoms with Crippen LogP contribution in [0.2, 0.25) is 18.1 Å². The van der Waals surface area contributed by atoms with Crippen molar-refractivity contribution in [2.24, 2.45) is 0 Å². The van der Waals surface area contributed by atoms with Crippen molar-refractivity contribution in [3.63, 3.8) is 0 Å². The van der Waals surface area contributed by atoms with Gasteiger partial charge >= 0.3 is 18.2 Å². The number of halogens is 3. The third-order valence-corrected chi connectivity index (χ3v) is 11.6. The van der Waals surface area contributed by atoms with Crippen LogP contribution >= 0.6 is 0 Å². The van der Waals surface area contributed by atoms with Crippen molar-refractivity contribution in [1.29, 1.82) is 0 Å². The van der Waals surface area contributed by atoms with Gasteiger partial charge in [-0.2, -0.15) is 13.2 Å². The number of alkyl halides is 3. The van der Waals surface area contributed by atoms with E-state index >= 15 is 0 Å². The molecule has 1 aromatic carbocycles. The summed E-state index contributed by atoms with van der Waals surface area (Å²) in [4.78, 5) is 36.4. The van der Waals surface area contributed by atoms with Crippen LogP contribution in [0.15, 0.2) is 30.3 Å². The van der Waals surface area contributed by atoms with Gasteiger partial charge in [0.1, 0.15) is 12.6 Å². The van der Waals surface area contributed by atoms with Crippen molar-refractivity contribution in [3.8, 4) is 0 Å². The maximum Gasteiger partial charge on any atom is 0.471 e. The van der Waals surface area contributed by atoms with Gasteiger partial charge in [0.2, 0.25) is 5.91 Å². The molecule has 1 aliphatic heterocycles. The van der Waals surface area contributed by atoms with Gasteiger partial charge in [-0.1, -0.05) is 64.2 Å². The molecule has 2 N–H and O–H groups in total. The number of carbonyl (C=O) groups excluding carboxylic acids is 3. The number of amides is 3. The molecule has 0 radical (unpaired) electrons. The Kier molecular flexibility index (Phi) is 7.64. The van der Waals surface area contributed by atoms with Crippen molar-refractivity contribution in [3.05, 3.63) is 35.9 Å². The number of hydrogen-bond acceptors (Lipinski definition) is 4. The molecule has 0 bridgehead atoms. The fourth-order valence-electron chi connectivity index (χ4n) is 3.38. The number of nitrogens with zero attached hydrogens (tertiary/aromatic N) is 1. The van der Waals surface area contributed by atoms with E-state index in [0.717, 1.165) is 5.56 Å². The largest absolute Gasteiger partial charge is 0.471 e. The second kappa shape index (κ2) is 9.51. The number of hydrogen-bond donors (Lipinski definition) is 2. The van der Waals surface area contributed by atoms with Gasteiger partial charge in [-0.15, -0.1) is 0 Å². The van der Waals surface area contributed by atoms with Crippen molar-refractivity contribution in [2.75, 3.05) is 6.54 Å². The van der Waals surface area contributed by atoms with Crippen LogP contribution in [0.5, 0.6) is 0 Å². The number of carbonyl (C=O) groups is 3. The van der Waals surface area contributed by atoms with Crippen LogP contribution < -0.4 is 10.6 Å². The minimum atomic E-state index is -4.98.